The van der Waals surface area contributed by atoms with Gasteiger partial charge in [-0.05, 0) is 32.0 Å². The molecule has 0 unspecified atom stereocenters. The third kappa shape index (κ3) is 6.08. The number of ether oxygens (including phenoxy) is 1. The number of amides is 1. The summed E-state index contributed by atoms with van der Waals surface area (Å²) in [4.78, 5) is 29.1. The predicted octanol–water partition coefficient (Wildman–Crippen LogP) is 3.61. The second-order valence-corrected chi connectivity index (χ2v) is 8.35. The van der Waals surface area contributed by atoms with Crippen LogP contribution in [0.2, 0.25) is 0 Å². The highest BCUT2D eigenvalue weighted by Gasteiger charge is 2.16. The number of methoxy groups -OCH3 is 1. The number of anilines is 1. The highest BCUT2D eigenvalue weighted by atomic mass is 16.5. The number of para-hydroxylation sites is 1. The average molecular weight is 468 g/mol. The zero-order valence-corrected chi connectivity index (χ0v) is 20.3. The van der Waals surface area contributed by atoms with E-state index in [9.17, 15) is 14.7 Å². The Morgan fingerprint density at radius 1 is 1.15 bits per heavy atom. The summed E-state index contributed by atoms with van der Waals surface area (Å²) in [6, 6.07) is 12.3. The molecule has 182 valence electrons. The molecule has 0 saturated heterocycles. The number of fused-ring (bicyclic) bond motifs is 1. The smallest absolute Gasteiger partial charge is 0.287 e. The minimum absolute atomic E-state index is 0.0665. The molecule has 8 heteroatoms. The molecular formula is C26H33N3O5. The van der Waals surface area contributed by atoms with Crippen molar-refractivity contribution >= 4 is 22.6 Å². The largest absolute Gasteiger partial charge is 0.507 e. The maximum atomic E-state index is 12.6. The molecule has 0 bridgehead atoms. The molecule has 1 heterocycles. The van der Waals surface area contributed by atoms with E-state index in [1.165, 1.54) is 6.07 Å². The lowest BCUT2D eigenvalue weighted by atomic mass is 10.1. The van der Waals surface area contributed by atoms with Crippen LogP contribution in [0.15, 0.2) is 51.7 Å². The average Bonchev–Trinajstić information content (AvgIpc) is 2.82. The molecule has 1 amide bonds. The number of carbonyl (C=O) groups is 1. The van der Waals surface area contributed by atoms with Gasteiger partial charge in [0.1, 0.15) is 22.5 Å². The van der Waals surface area contributed by atoms with Crippen LogP contribution in [0.4, 0.5) is 5.69 Å². The minimum Gasteiger partial charge on any atom is -0.507 e. The zero-order chi connectivity index (χ0) is 24.7. The molecule has 8 nitrogen and oxygen atoms in total. The normalized spacial score (nSPS) is 11.1. The number of hydrogen-bond donors (Lipinski definition) is 2. The van der Waals surface area contributed by atoms with Crippen molar-refractivity contribution in [2.45, 2.75) is 26.3 Å². The Morgan fingerprint density at radius 2 is 1.91 bits per heavy atom. The van der Waals surface area contributed by atoms with E-state index in [0.717, 1.165) is 49.9 Å². The van der Waals surface area contributed by atoms with Crippen molar-refractivity contribution in [3.8, 4) is 11.5 Å². The lowest BCUT2D eigenvalue weighted by Gasteiger charge is -2.21. The molecule has 0 atom stereocenters. The molecule has 0 aliphatic carbocycles. The topological polar surface area (TPSA) is 95.2 Å². The van der Waals surface area contributed by atoms with Crippen molar-refractivity contribution in [2.24, 2.45) is 0 Å². The lowest BCUT2D eigenvalue weighted by Crippen LogP contribution is -2.27. The number of nitrogens with one attached hydrogen (secondary N) is 1. The van der Waals surface area contributed by atoms with E-state index in [4.69, 9.17) is 9.15 Å². The van der Waals surface area contributed by atoms with E-state index in [0.29, 0.717) is 12.2 Å². The fourth-order valence-electron chi connectivity index (χ4n) is 3.80. The van der Waals surface area contributed by atoms with Crippen molar-refractivity contribution in [3.05, 3.63) is 64.0 Å². The summed E-state index contributed by atoms with van der Waals surface area (Å²) >= 11 is 0. The zero-order valence-electron chi connectivity index (χ0n) is 20.3. The van der Waals surface area contributed by atoms with Gasteiger partial charge in [0.25, 0.3) is 5.91 Å². The number of phenols is 1. The number of carbonyl (C=O) groups excluding carboxylic acids is 1. The maximum Gasteiger partial charge on any atom is 0.287 e. The lowest BCUT2D eigenvalue weighted by molar-refractivity contribution is 0.0925. The first-order chi connectivity index (χ1) is 16.3. The van der Waals surface area contributed by atoms with Crippen LogP contribution in [0.1, 0.15) is 35.9 Å². The summed E-state index contributed by atoms with van der Waals surface area (Å²) in [5, 5.41) is 13.1. The maximum absolute atomic E-state index is 12.6. The number of nitrogens with zero attached hydrogens (tertiary/aromatic N) is 2. The number of aromatic hydroxyl groups is 1. The Balaban J connectivity index is 1.55. The van der Waals surface area contributed by atoms with Crippen LogP contribution < -0.4 is 20.4 Å². The van der Waals surface area contributed by atoms with Gasteiger partial charge in [0.2, 0.25) is 0 Å². The Kier molecular flexibility index (Phi) is 8.54. The second-order valence-electron chi connectivity index (χ2n) is 8.35. The van der Waals surface area contributed by atoms with Gasteiger partial charge in [0.05, 0.1) is 7.11 Å². The molecule has 0 fully saturated rings. The quantitative estimate of drug-likeness (QED) is 0.416. The van der Waals surface area contributed by atoms with E-state index in [2.05, 4.69) is 23.2 Å². The van der Waals surface area contributed by atoms with Gasteiger partial charge >= 0.3 is 0 Å². The van der Waals surface area contributed by atoms with Gasteiger partial charge in [0, 0.05) is 56.6 Å². The Morgan fingerprint density at radius 3 is 2.62 bits per heavy atom. The number of rotatable bonds is 11. The molecule has 0 aliphatic rings. The third-order valence-corrected chi connectivity index (χ3v) is 5.76. The van der Waals surface area contributed by atoms with Crippen LogP contribution >= 0.6 is 0 Å². The van der Waals surface area contributed by atoms with Crippen molar-refractivity contribution in [1.82, 2.24) is 10.2 Å². The van der Waals surface area contributed by atoms with E-state index in [1.54, 1.807) is 18.1 Å². The number of phenolic OH excluding ortho intramolecular Hbond substituents is 1. The summed E-state index contributed by atoms with van der Waals surface area (Å²) < 4.78 is 11.1. The molecule has 1 aromatic heterocycles. The van der Waals surface area contributed by atoms with Gasteiger partial charge in [-0.2, -0.15) is 0 Å². The van der Waals surface area contributed by atoms with Gasteiger partial charge in [0.15, 0.2) is 11.2 Å². The van der Waals surface area contributed by atoms with Gasteiger partial charge < -0.3 is 24.5 Å². The van der Waals surface area contributed by atoms with Gasteiger partial charge in [-0.25, -0.2) is 0 Å². The first-order valence-corrected chi connectivity index (χ1v) is 11.4. The van der Waals surface area contributed by atoms with Crippen LogP contribution in [0.25, 0.3) is 11.0 Å². The predicted molar refractivity (Wildman–Crippen MR) is 134 cm³/mol. The van der Waals surface area contributed by atoms with Crippen LogP contribution in [0, 0.1) is 0 Å². The summed E-state index contributed by atoms with van der Waals surface area (Å²) in [6.07, 6.45) is 1.70. The Bertz CT molecular complexity index is 1190. The second kappa shape index (κ2) is 11.6. The van der Waals surface area contributed by atoms with E-state index < -0.39 is 11.3 Å². The molecule has 0 radical (unpaired) electrons. The van der Waals surface area contributed by atoms with Crippen LogP contribution in [-0.2, 0) is 6.54 Å². The van der Waals surface area contributed by atoms with E-state index >= 15 is 0 Å². The van der Waals surface area contributed by atoms with Crippen molar-refractivity contribution in [1.29, 1.82) is 0 Å². The summed E-state index contributed by atoms with van der Waals surface area (Å²) in [5.74, 6) is 0.195. The molecule has 34 heavy (non-hydrogen) atoms. The first-order valence-electron chi connectivity index (χ1n) is 11.4. The SMILES string of the molecule is CCN(CCCCNC(=O)c1cc(=O)c2c(O)cc(N(C)C)cc2o1)Cc1ccccc1OC. The van der Waals surface area contributed by atoms with Gasteiger partial charge in [-0.3, -0.25) is 14.5 Å². The summed E-state index contributed by atoms with van der Waals surface area (Å²) in [7, 11) is 5.30. The van der Waals surface area contributed by atoms with Crippen LogP contribution in [0.3, 0.4) is 0 Å². The first kappa shape index (κ1) is 25.1. The van der Waals surface area contributed by atoms with Crippen molar-refractivity contribution in [2.75, 3.05) is 45.7 Å². The van der Waals surface area contributed by atoms with E-state index in [-0.39, 0.29) is 22.5 Å². The van der Waals surface area contributed by atoms with Crippen molar-refractivity contribution < 1.29 is 19.1 Å². The fraction of sp³-hybridized carbons (Fsp3) is 0.385. The molecule has 0 spiro atoms. The third-order valence-electron chi connectivity index (χ3n) is 5.76. The van der Waals surface area contributed by atoms with Gasteiger partial charge in [-0.15, -0.1) is 0 Å². The standard InChI is InChI=1S/C26H33N3O5/c1-5-29(17-18-10-6-7-11-22(18)33-4)13-9-8-12-27-26(32)24-16-21(31)25-20(30)14-19(28(2)3)15-23(25)34-24/h6-7,10-11,14-16,30H,5,8-9,12-13,17H2,1-4H3,(H,27,32). The highest BCUT2D eigenvalue weighted by Crippen LogP contribution is 2.28. The molecule has 2 N–H and O–H groups in total. The van der Waals surface area contributed by atoms with E-state index in [1.807, 2.05) is 32.3 Å². The molecular weight excluding hydrogens is 434 g/mol. The van der Waals surface area contributed by atoms with Crippen molar-refractivity contribution in [3.63, 3.8) is 0 Å². The Hall–Kier alpha value is -3.52. The summed E-state index contributed by atoms with van der Waals surface area (Å²) in [5.41, 5.74) is 1.54. The number of unbranched alkanes of at least 4 members (excludes halogenated alkanes) is 1. The molecule has 0 saturated carbocycles. The molecule has 2 aromatic carbocycles. The summed E-state index contributed by atoms with van der Waals surface area (Å²) in [6.45, 7) is 5.20. The number of benzene rings is 2. The Labute approximate surface area is 199 Å². The monoisotopic (exact) mass is 467 g/mol. The molecule has 0 aliphatic heterocycles. The minimum atomic E-state index is -0.455. The fourth-order valence-corrected chi connectivity index (χ4v) is 3.80. The molecule has 3 rings (SSSR count). The molecule has 3 aromatic rings. The highest BCUT2D eigenvalue weighted by molar-refractivity contribution is 5.94. The van der Waals surface area contributed by atoms with Crippen LogP contribution in [0.5, 0.6) is 11.5 Å². The number of hydrogen-bond acceptors (Lipinski definition) is 7. The van der Waals surface area contributed by atoms with Gasteiger partial charge in [-0.1, -0.05) is 25.1 Å². The van der Waals surface area contributed by atoms with Crippen LogP contribution in [-0.4, -0.2) is 56.8 Å².